The van der Waals surface area contributed by atoms with Crippen LogP contribution < -0.4 is 27.5 Å². The second-order valence-electron chi connectivity index (χ2n) is 9.82. The van der Waals surface area contributed by atoms with Gasteiger partial charge in [0.2, 0.25) is 0 Å². The number of nitrogens with zero attached hydrogens (tertiary/aromatic N) is 3. The van der Waals surface area contributed by atoms with Crippen molar-refractivity contribution in [3.63, 3.8) is 0 Å². The molecule has 5 N–H and O–H groups in total. The number of hydrogen-bond acceptors (Lipinski definition) is 8. The van der Waals surface area contributed by atoms with Gasteiger partial charge in [0.1, 0.15) is 21.9 Å². The molecule has 0 bridgehead atoms. The van der Waals surface area contributed by atoms with Crippen molar-refractivity contribution in [1.29, 1.82) is 5.41 Å². The van der Waals surface area contributed by atoms with E-state index in [9.17, 15) is 23.2 Å². The van der Waals surface area contributed by atoms with Crippen molar-refractivity contribution in [3.05, 3.63) is 98.2 Å². The van der Waals surface area contributed by atoms with E-state index in [-0.39, 0.29) is 28.2 Å². The summed E-state index contributed by atoms with van der Waals surface area (Å²) in [7, 11) is 4.71. The van der Waals surface area contributed by atoms with E-state index in [1.165, 1.54) is 25.3 Å². The average Bonchev–Trinajstić information content (AvgIpc) is 3.37. The highest BCUT2D eigenvalue weighted by Crippen LogP contribution is 2.38. The number of hydroxylamine groups is 1. The Morgan fingerprint density at radius 2 is 1.80 bits per heavy atom. The second kappa shape index (κ2) is 14.8. The first-order valence-electron chi connectivity index (χ1n) is 13.5. The number of anilines is 1. The van der Waals surface area contributed by atoms with Gasteiger partial charge in [-0.25, -0.2) is 28.6 Å². The van der Waals surface area contributed by atoms with Crippen molar-refractivity contribution < 1.29 is 28.6 Å². The summed E-state index contributed by atoms with van der Waals surface area (Å²) < 4.78 is 36.8. The first kappa shape index (κ1) is 33.1. The van der Waals surface area contributed by atoms with E-state index in [1.54, 1.807) is 31.4 Å². The molecule has 2 aromatic heterocycles. The number of carbonyl (C=O) groups is 1. The summed E-state index contributed by atoms with van der Waals surface area (Å²) in [6.45, 7) is 0.641. The van der Waals surface area contributed by atoms with Crippen LogP contribution in [0.3, 0.4) is 0 Å². The summed E-state index contributed by atoms with van der Waals surface area (Å²) in [5, 5.41) is 16.2. The molecule has 0 aliphatic carbocycles. The van der Waals surface area contributed by atoms with Crippen molar-refractivity contribution in [2.24, 2.45) is 0 Å². The van der Waals surface area contributed by atoms with Crippen LogP contribution in [0.15, 0.2) is 64.2 Å². The summed E-state index contributed by atoms with van der Waals surface area (Å²) in [6, 6.07) is 9.58. The molecule has 0 saturated carbocycles. The zero-order chi connectivity index (χ0) is 32.7. The highest BCUT2D eigenvalue weighted by Gasteiger charge is 2.29. The van der Waals surface area contributed by atoms with Crippen LogP contribution in [0.2, 0.25) is 0 Å². The molecule has 0 saturated heterocycles. The van der Waals surface area contributed by atoms with Crippen LogP contribution in [0.1, 0.15) is 11.1 Å². The SMILES string of the molecule is COCCN(C)Cc1c(-c2ccc(NC(=O)NOC)cc2)sc2c1c(=O)n(C(=[NH2+])/C=C\C=N)c(=O)n2Cc1c(F)cccc1F. The maximum Gasteiger partial charge on any atom is 0.424 e. The Morgan fingerprint density at radius 3 is 2.42 bits per heavy atom. The quantitative estimate of drug-likeness (QED) is 0.106. The molecule has 4 aromatic rings. The number of halogens is 2. The Morgan fingerprint density at radius 1 is 1.11 bits per heavy atom. The molecule has 4 rings (SSSR count). The smallest absolute Gasteiger partial charge is 0.383 e. The summed E-state index contributed by atoms with van der Waals surface area (Å²) in [5.41, 5.74) is 1.84. The van der Waals surface area contributed by atoms with Crippen LogP contribution in [0.4, 0.5) is 19.3 Å². The molecular weight excluding hydrogens is 608 g/mol. The van der Waals surface area contributed by atoms with Gasteiger partial charge in [-0.3, -0.25) is 19.7 Å². The van der Waals surface area contributed by atoms with Gasteiger partial charge >= 0.3 is 17.3 Å². The fourth-order valence-corrected chi connectivity index (χ4v) is 5.94. The number of nitrogens with one attached hydrogen (secondary N) is 3. The topological polar surface area (TPSA) is 156 Å². The predicted octanol–water partition coefficient (Wildman–Crippen LogP) is 2.19. The number of methoxy groups -OCH3 is 1. The number of likely N-dealkylation sites (N-methyl/N-ethyl adjacent to an activating group) is 1. The number of urea groups is 1. The molecule has 2 aromatic carbocycles. The van der Waals surface area contributed by atoms with E-state index in [4.69, 9.17) is 15.6 Å². The highest BCUT2D eigenvalue weighted by molar-refractivity contribution is 7.22. The lowest BCUT2D eigenvalue weighted by molar-refractivity contribution is -0.116. The van der Waals surface area contributed by atoms with Crippen molar-refractivity contribution in [2.45, 2.75) is 13.1 Å². The van der Waals surface area contributed by atoms with Gasteiger partial charge in [-0.05, 0) is 43.0 Å². The number of thiophene rings is 1. The highest BCUT2D eigenvalue weighted by atomic mass is 32.1. The van der Waals surface area contributed by atoms with Gasteiger partial charge < -0.3 is 15.5 Å². The van der Waals surface area contributed by atoms with Gasteiger partial charge in [0, 0.05) is 54.2 Å². The normalized spacial score (nSPS) is 11.4. The van der Waals surface area contributed by atoms with E-state index in [0.29, 0.717) is 34.8 Å². The molecule has 236 valence electrons. The monoisotopic (exact) mass is 640 g/mol. The molecule has 45 heavy (non-hydrogen) atoms. The lowest BCUT2D eigenvalue weighted by Gasteiger charge is -2.17. The maximum absolute atomic E-state index is 14.8. The van der Waals surface area contributed by atoms with Crippen LogP contribution in [-0.4, -0.2) is 66.5 Å². The summed E-state index contributed by atoms with van der Waals surface area (Å²) in [6.07, 6.45) is 3.39. The van der Waals surface area contributed by atoms with E-state index in [0.717, 1.165) is 38.8 Å². The van der Waals surface area contributed by atoms with Crippen molar-refractivity contribution >= 4 is 45.3 Å². The van der Waals surface area contributed by atoms with Crippen LogP contribution in [0.25, 0.3) is 20.7 Å². The third kappa shape index (κ3) is 7.29. The zero-order valence-corrected chi connectivity index (χ0v) is 25.5. The molecule has 0 aliphatic rings. The number of aromatic nitrogens is 2. The Bertz CT molecular complexity index is 1860. The first-order chi connectivity index (χ1) is 21.6. The molecule has 0 aliphatic heterocycles. The third-order valence-corrected chi connectivity index (χ3v) is 8.08. The van der Waals surface area contributed by atoms with E-state index in [1.807, 2.05) is 11.9 Å². The molecular formula is C30H32F2N7O5S+. The molecule has 0 spiro atoms. The molecule has 0 atom stereocenters. The molecule has 2 amide bonds. The number of nitrogens with two attached hydrogens (primary N) is 1. The fraction of sp³-hybridized carbons (Fsp3) is 0.233. The summed E-state index contributed by atoms with van der Waals surface area (Å²) in [5.74, 6) is -1.98. The number of rotatable bonds is 12. The van der Waals surface area contributed by atoms with Gasteiger partial charge in [0.25, 0.3) is 5.84 Å². The number of hydrogen-bond donors (Lipinski definition) is 4. The zero-order valence-electron chi connectivity index (χ0n) is 24.7. The number of carbonyl (C=O) groups excluding carboxylic acids is 1. The minimum absolute atomic E-state index is 0.142. The Balaban J connectivity index is 2.02. The van der Waals surface area contributed by atoms with E-state index >= 15 is 0 Å². The molecule has 0 radical (unpaired) electrons. The van der Waals surface area contributed by atoms with Gasteiger partial charge in [-0.2, -0.15) is 0 Å². The Labute approximate surface area is 260 Å². The number of allylic oxidation sites excluding steroid dienone is 2. The van der Waals surface area contributed by atoms with Gasteiger partial charge in [-0.1, -0.05) is 18.2 Å². The lowest BCUT2D eigenvalue weighted by Crippen LogP contribution is -2.54. The molecule has 2 heterocycles. The first-order valence-corrected chi connectivity index (χ1v) is 14.3. The van der Waals surface area contributed by atoms with Gasteiger partial charge in [-0.15, -0.1) is 15.9 Å². The minimum atomic E-state index is -0.905. The molecule has 15 heteroatoms. The second-order valence-corrected chi connectivity index (χ2v) is 10.8. The van der Waals surface area contributed by atoms with Gasteiger partial charge in [0.05, 0.1) is 20.3 Å². The van der Waals surface area contributed by atoms with E-state index < -0.39 is 35.5 Å². The van der Waals surface area contributed by atoms with Crippen LogP contribution in [0, 0.1) is 17.0 Å². The van der Waals surface area contributed by atoms with Crippen molar-refractivity contribution in [3.8, 4) is 10.4 Å². The predicted molar refractivity (Wildman–Crippen MR) is 169 cm³/mol. The fourth-order valence-electron chi connectivity index (χ4n) is 4.63. The summed E-state index contributed by atoms with van der Waals surface area (Å²) >= 11 is 1.12. The van der Waals surface area contributed by atoms with Crippen LogP contribution in [0.5, 0.6) is 0 Å². The maximum atomic E-state index is 14.8. The standard InChI is InChI=1S/C30H31F2N7O5S/c1-37(14-15-43-2)16-21-25-27(40)39(24(34)8-5-13-33)30(42)38(17-20-22(31)6-4-7-23(20)32)28(25)45-26(21)18-9-11-19(12-10-18)35-29(41)36-44-3/h4-13,33-34H,14-17H2,1-3H3,(H2,35,36,41)/p+1/b8-5-,33-13?,34-24?. The summed E-state index contributed by atoms with van der Waals surface area (Å²) in [4.78, 5) is 47.2. The minimum Gasteiger partial charge on any atom is -0.383 e. The van der Waals surface area contributed by atoms with Crippen molar-refractivity contribution in [2.75, 3.05) is 39.7 Å². The number of fused-ring (bicyclic) bond motifs is 1. The number of benzene rings is 2. The average molecular weight is 641 g/mol. The lowest BCUT2D eigenvalue weighted by atomic mass is 10.1. The van der Waals surface area contributed by atoms with Crippen LogP contribution in [-0.2, 0) is 22.7 Å². The van der Waals surface area contributed by atoms with E-state index in [2.05, 4.69) is 15.6 Å². The molecule has 0 unspecified atom stereocenters. The largest absolute Gasteiger partial charge is 0.424 e. The van der Waals surface area contributed by atoms with Crippen molar-refractivity contribution in [1.82, 2.24) is 19.5 Å². The van der Waals surface area contributed by atoms with Gasteiger partial charge in [0.15, 0.2) is 0 Å². The third-order valence-electron chi connectivity index (χ3n) is 6.78. The Kier molecular flexibility index (Phi) is 10.9. The number of ether oxygens (including phenoxy) is 1. The Hall–Kier alpha value is -4.83. The molecule has 0 fully saturated rings. The van der Waals surface area contributed by atoms with Crippen LogP contribution >= 0.6 is 11.3 Å². The molecule has 12 nitrogen and oxygen atoms in total. The number of amides is 2.